The van der Waals surface area contributed by atoms with Gasteiger partial charge in [0.05, 0.1) is 17.6 Å². The Kier molecular flexibility index (Phi) is 6.17. The number of esters is 1. The fraction of sp³-hybridized carbons (Fsp3) is 0.150. The number of nitrogens with one attached hydrogen (secondary N) is 1. The van der Waals surface area contributed by atoms with Crippen LogP contribution in [0.1, 0.15) is 41.9 Å². The van der Waals surface area contributed by atoms with Gasteiger partial charge in [0, 0.05) is 0 Å². The van der Waals surface area contributed by atoms with Crippen molar-refractivity contribution in [2.45, 2.75) is 13.5 Å². The van der Waals surface area contributed by atoms with E-state index in [4.69, 9.17) is 19.6 Å². The van der Waals surface area contributed by atoms with Gasteiger partial charge in [-0.05, 0) is 48.9 Å². The van der Waals surface area contributed by atoms with E-state index in [-0.39, 0.29) is 33.6 Å². The molecule has 0 unspecified atom stereocenters. The van der Waals surface area contributed by atoms with E-state index in [1.807, 2.05) is 0 Å². The predicted octanol–water partition coefficient (Wildman–Crippen LogP) is 3.51. The highest BCUT2D eigenvalue weighted by Gasteiger charge is 2.26. The molecular formula is C20H17FN2O6S. The minimum atomic E-state index is -0.721. The van der Waals surface area contributed by atoms with Crippen LogP contribution in [-0.2, 0) is 11.3 Å². The number of rotatable bonds is 7. The zero-order valence-corrected chi connectivity index (χ0v) is 16.8. The number of methoxy groups -OCH3 is 1. The normalized spacial score (nSPS) is 10.5. The number of primary amides is 1. The number of nitrogens with two attached hydrogens (primary N) is 1. The number of ether oxygens (including phenoxy) is 2. The Hall–Kier alpha value is -3.66. The molecule has 8 nitrogen and oxygen atoms in total. The van der Waals surface area contributed by atoms with Crippen molar-refractivity contribution >= 4 is 34.1 Å². The number of carbonyl (C=O) groups is 3. The third-order valence-electron chi connectivity index (χ3n) is 4.07. The molecule has 3 N–H and O–H groups in total. The number of furan rings is 1. The fourth-order valence-corrected chi connectivity index (χ4v) is 3.65. The summed E-state index contributed by atoms with van der Waals surface area (Å²) in [5, 5.41) is 2.67. The van der Waals surface area contributed by atoms with Crippen LogP contribution in [0.2, 0.25) is 0 Å². The van der Waals surface area contributed by atoms with Crippen molar-refractivity contribution in [2.24, 2.45) is 5.73 Å². The van der Waals surface area contributed by atoms with Crippen LogP contribution in [0.3, 0.4) is 0 Å². The van der Waals surface area contributed by atoms with Crippen molar-refractivity contribution in [3.63, 3.8) is 0 Å². The van der Waals surface area contributed by atoms with E-state index < -0.39 is 17.8 Å². The summed E-state index contributed by atoms with van der Waals surface area (Å²) in [6.45, 7) is 1.56. The van der Waals surface area contributed by atoms with Crippen molar-refractivity contribution in [2.75, 3.05) is 12.4 Å². The molecule has 0 aliphatic rings. The van der Waals surface area contributed by atoms with E-state index in [9.17, 15) is 18.8 Å². The van der Waals surface area contributed by atoms with Crippen LogP contribution in [0.25, 0.3) is 0 Å². The van der Waals surface area contributed by atoms with Crippen molar-refractivity contribution < 1.29 is 32.7 Å². The second-order valence-electron chi connectivity index (χ2n) is 6.08. The summed E-state index contributed by atoms with van der Waals surface area (Å²) in [6, 6.07) is 8.45. The third kappa shape index (κ3) is 4.49. The molecule has 3 aromatic rings. The van der Waals surface area contributed by atoms with Gasteiger partial charge in [-0.3, -0.25) is 9.59 Å². The minimum absolute atomic E-state index is 0.0241. The highest BCUT2D eigenvalue weighted by Crippen LogP contribution is 2.33. The predicted molar refractivity (Wildman–Crippen MR) is 106 cm³/mol. The quantitative estimate of drug-likeness (QED) is 0.551. The van der Waals surface area contributed by atoms with Crippen LogP contribution in [0.4, 0.5) is 9.39 Å². The van der Waals surface area contributed by atoms with Gasteiger partial charge in [-0.2, -0.15) is 0 Å². The topological polar surface area (TPSA) is 121 Å². The standard InChI is InChI=1S/C20H17FN2O6S/c1-10-15(20(26)27-2)19(30-16(10)17(22)24)23-18(25)14-8-7-13(29-14)9-28-12-5-3-11(21)4-6-12/h3-8H,9H2,1-2H3,(H2,22,24)(H,23,25). The van der Waals surface area contributed by atoms with Crippen LogP contribution in [0.5, 0.6) is 5.75 Å². The second-order valence-corrected chi connectivity index (χ2v) is 7.10. The van der Waals surface area contributed by atoms with E-state index in [0.29, 0.717) is 17.1 Å². The van der Waals surface area contributed by atoms with Crippen LogP contribution in [0, 0.1) is 12.7 Å². The summed E-state index contributed by atoms with van der Waals surface area (Å²) in [5.74, 6) is -1.68. The lowest BCUT2D eigenvalue weighted by Gasteiger charge is -2.05. The first-order valence-corrected chi connectivity index (χ1v) is 9.41. The Labute approximate surface area is 174 Å². The van der Waals surface area contributed by atoms with Gasteiger partial charge < -0.3 is 24.9 Å². The number of halogens is 1. The summed E-state index contributed by atoms with van der Waals surface area (Å²) in [7, 11) is 1.19. The average molecular weight is 432 g/mol. The molecule has 1 aromatic carbocycles. The lowest BCUT2D eigenvalue weighted by atomic mass is 10.1. The summed E-state index contributed by atoms with van der Waals surface area (Å²) in [6.07, 6.45) is 0. The van der Waals surface area contributed by atoms with Gasteiger partial charge in [0.25, 0.3) is 11.8 Å². The molecule has 0 saturated carbocycles. The molecule has 0 radical (unpaired) electrons. The summed E-state index contributed by atoms with van der Waals surface area (Å²) < 4.78 is 28.6. The van der Waals surface area contributed by atoms with Gasteiger partial charge in [-0.15, -0.1) is 11.3 Å². The Morgan fingerprint density at radius 3 is 2.50 bits per heavy atom. The number of thiophene rings is 1. The van der Waals surface area contributed by atoms with E-state index in [2.05, 4.69) is 5.32 Å². The van der Waals surface area contributed by atoms with E-state index in [1.165, 1.54) is 44.4 Å². The van der Waals surface area contributed by atoms with Gasteiger partial charge in [-0.1, -0.05) is 0 Å². The van der Waals surface area contributed by atoms with E-state index in [1.54, 1.807) is 6.07 Å². The maximum absolute atomic E-state index is 12.9. The van der Waals surface area contributed by atoms with Crippen LogP contribution < -0.4 is 15.8 Å². The fourth-order valence-electron chi connectivity index (χ4n) is 2.61. The van der Waals surface area contributed by atoms with Crippen molar-refractivity contribution in [3.8, 4) is 5.75 Å². The molecule has 156 valence electrons. The first-order valence-electron chi connectivity index (χ1n) is 8.60. The maximum Gasteiger partial charge on any atom is 0.341 e. The van der Waals surface area contributed by atoms with E-state index in [0.717, 1.165) is 11.3 Å². The number of hydrogen-bond donors (Lipinski definition) is 2. The number of amides is 2. The van der Waals surface area contributed by atoms with Crippen molar-refractivity contribution in [3.05, 3.63) is 69.7 Å². The van der Waals surface area contributed by atoms with Crippen LogP contribution in [-0.4, -0.2) is 24.9 Å². The Morgan fingerprint density at radius 2 is 1.87 bits per heavy atom. The smallest absolute Gasteiger partial charge is 0.341 e. The Bertz CT molecular complexity index is 1100. The summed E-state index contributed by atoms with van der Waals surface area (Å²) in [5.41, 5.74) is 5.70. The summed E-state index contributed by atoms with van der Waals surface area (Å²) >= 11 is 0.872. The first kappa shape index (κ1) is 21.1. The molecule has 10 heteroatoms. The molecule has 3 rings (SSSR count). The minimum Gasteiger partial charge on any atom is -0.486 e. The van der Waals surface area contributed by atoms with Gasteiger partial charge in [0.2, 0.25) is 0 Å². The molecule has 0 atom stereocenters. The van der Waals surface area contributed by atoms with E-state index >= 15 is 0 Å². The third-order valence-corrected chi connectivity index (χ3v) is 5.29. The molecule has 2 amide bonds. The molecule has 30 heavy (non-hydrogen) atoms. The molecule has 0 saturated heterocycles. The largest absolute Gasteiger partial charge is 0.486 e. The number of hydrogen-bond acceptors (Lipinski definition) is 7. The SMILES string of the molecule is COC(=O)c1c(NC(=O)c2ccc(COc3ccc(F)cc3)o2)sc(C(N)=O)c1C. The highest BCUT2D eigenvalue weighted by atomic mass is 32.1. The van der Waals surface area contributed by atoms with Crippen LogP contribution in [0.15, 0.2) is 40.8 Å². The molecule has 0 fully saturated rings. The lowest BCUT2D eigenvalue weighted by Crippen LogP contribution is -2.14. The van der Waals surface area contributed by atoms with Gasteiger partial charge >= 0.3 is 5.97 Å². The number of carbonyl (C=O) groups excluding carboxylic acids is 3. The zero-order chi connectivity index (χ0) is 21.8. The van der Waals surface area contributed by atoms with Gasteiger partial charge in [0.15, 0.2) is 5.76 Å². The molecule has 2 aromatic heterocycles. The highest BCUT2D eigenvalue weighted by molar-refractivity contribution is 7.18. The molecule has 0 bridgehead atoms. The maximum atomic E-state index is 12.9. The van der Waals surface area contributed by atoms with Gasteiger partial charge in [-0.25, -0.2) is 9.18 Å². The van der Waals surface area contributed by atoms with Crippen molar-refractivity contribution in [1.29, 1.82) is 0 Å². The Balaban J connectivity index is 1.74. The number of benzene rings is 1. The monoisotopic (exact) mass is 432 g/mol. The zero-order valence-electron chi connectivity index (χ0n) is 16.0. The van der Waals surface area contributed by atoms with Crippen LogP contribution >= 0.6 is 11.3 Å². The molecule has 0 aliphatic carbocycles. The van der Waals surface area contributed by atoms with Gasteiger partial charge in [0.1, 0.15) is 28.9 Å². The number of anilines is 1. The lowest BCUT2D eigenvalue weighted by molar-refractivity contribution is 0.0601. The molecular weight excluding hydrogens is 415 g/mol. The average Bonchev–Trinajstić information content (AvgIpc) is 3.32. The molecule has 0 aliphatic heterocycles. The first-order chi connectivity index (χ1) is 14.3. The molecule has 2 heterocycles. The second kappa shape index (κ2) is 8.78. The summed E-state index contributed by atoms with van der Waals surface area (Å²) in [4.78, 5) is 36.3. The molecule has 0 spiro atoms. The van der Waals surface area contributed by atoms with Crippen molar-refractivity contribution in [1.82, 2.24) is 0 Å². The Morgan fingerprint density at radius 1 is 1.17 bits per heavy atom.